The second-order valence-electron chi connectivity index (χ2n) is 12.2. The molecule has 0 unspecified atom stereocenters. The van der Waals surface area contributed by atoms with Crippen LogP contribution in [0.4, 0.5) is 4.79 Å². The number of carbonyl (C=O) groups is 3. The number of hydrogen-bond acceptors (Lipinski definition) is 6. The highest BCUT2D eigenvalue weighted by molar-refractivity contribution is 6.74. The molecule has 36 heavy (non-hydrogen) atoms. The summed E-state index contributed by atoms with van der Waals surface area (Å²) >= 11 is 0. The quantitative estimate of drug-likeness (QED) is 0.173. The third-order valence-corrected chi connectivity index (χ3v) is 11.0. The fraction of sp³-hybridized carbons (Fsp3) is 0.885. The zero-order chi connectivity index (χ0) is 28.3. The van der Waals surface area contributed by atoms with E-state index in [4.69, 9.17) is 9.16 Å². The molecule has 0 aromatic rings. The van der Waals surface area contributed by atoms with Gasteiger partial charge in [0.2, 0.25) is 5.91 Å². The molecule has 0 saturated heterocycles. The van der Waals surface area contributed by atoms with Gasteiger partial charge >= 0.3 is 12.1 Å². The molecule has 0 bridgehead atoms. The van der Waals surface area contributed by atoms with Crippen LogP contribution in [0, 0.1) is 0 Å². The topological polar surface area (TPSA) is 134 Å². The predicted octanol–water partition coefficient (Wildman–Crippen LogP) is 4.97. The average molecular weight is 533 g/mol. The Morgan fingerprint density at radius 2 is 1.50 bits per heavy atom. The first-order chi connectivity index (χ1) is 16.3. The number of unbranched alkanes of at least 4 members (excludes halogenated alkanes) is 4. The Bertz CT molecular complexity index is 701. The lowest BCUT2D eigenvalue weighted by Crippen LogP contribution is -2.55. The highest BCUT2D eigenvalue weighted by Crippen LogP contribution is 2.38. The van der Waals surface area contributed by atoms with E-state index in [9.17, 15) is 24.6 Å². The lowest BCUT2D eigenvalue weighted by Gasteiger charge is -2.40. The number of aliphatic hydroxyl groups is 1. The van der Waals surface area contributed by atoms with Crippen LogP contribution >= 0.6 is 0 Å². The fourth-order valence-corrected chi connectivity index (χ4v) is 4.77. The van der Waals surface area contributed by atoms with Gasteiger partial charge in [0.05, 0.1) is 6.04 Å². The normalized spacial score (nSPS) is 16.0. The van der Waals surface area contributed by atoms with E-state index in [1.54, 1.807) is 20.8 Å². The summed E-state index contributed by atoms with van der Waals surface area (Å²) < 4.78 is 11.8. The summed E-state index contributed by atoms with van der Waals surface area (Å²) in [6.07, 6.45) is 3.35. The molecule has 0 heterocycles. The van der Waals surface area contributed by atoms with Crippen molar-refractivity contribution in [3.63, 3.8) is 0 Å². The van der Waals surface area contributed by atoms with Crippen LogP contribution in [0.25, 0.3) is 0 Å². The number of aliphatic carboxylic acids is 1. The molecule has 4 atom stereocenters. The molecule has 10 heteroatoms. The SMILES string of the molecule is CCCCCCC[C@@H](C[C@@H](NC(=O)[C@H](C)NC(=O)OC(C)(C)C)[C@@H](O)C(=O)O)O[Si](C)(C)C(C)(C)C. The van der Waals surface area contributed by atoms with Gasteiger partial charge in [0, 0.05) is 6.10 Å². The minimum Gasteiger partial charge on any atom is -0.479 e. The molecular weight excluding hydrogens is 480 g/mol. The first-order valence-corrected chi connectivity index (χ1v) is 16.1. The molecule has 9 nitrogen and oxygen atoms in total. The summed E-state index contributed by atoms with van der Waals surface area (Å²) in [4.78, 5) is 36.5. The molecule has 0 aromatic heterocycles. The van der Waals surface area contributed by atoms with E-state index in [0.717, 1.165) is 32.1 Å². The van der Waals surface area contributed by atoms with Crippen molar-refractivity contribution >= 4 is 26.3 Å². The maximum absolute atomic E-state index is 12.8. The first kappa shape index (κ1) is 34.3. The molecule has 0 radical (unpaired) electrons. The van der Waals surface area contributed by atoms with Gasteiger partial charge in [-0.05, 0) is 58.7 Å². The van der Waals surface area contributed by atoms with Gasteiger partial charge in [-0.25, -0.2) is 9.59 Å². The fourth-order valence-electron chi connectivity index (χ4n) is 3.37. The molecule has 0 saturated carbocycles. The van der Waals surface area contributed by atoms with Gasteiger partial charge < -0.3 is 30.0 Å². The number of aliphatic hydroxyl groups excluding tert-OH is 1. The van der Waals surface area contributed by atoms with Gasteiger partial charge in [-0.15, -0.1) is 0 Å². The Morgan fingerprint density at radius 1 is 0.944 bits per heavy atom. The van der Waals surface area contributed by atoms with E-state index in [1.807, 2.05) is 0 Å². The first-order valence-electron chi connectivity index (χ1n) is 13.2. The van der Waals surface area contributed by atoms with Crippen molar-refractivity contribution in [3.05, 3.63) is 0 Å². The molecule has 0 aliphatic rings. The van der Waals surface area contributed by atoms with E-state index in [2.05, 4.69) is 51.4 Å². The van der Waals surface area contributed by atoms with Crippen LogP contribution in [0.15, 0.2) is 0 Å². The van der Waals surface area contributed by atoms with Gasteiger partial charge in [-0.2, -0.15) is 0 Å². The van der Waals surface area contributed by atoms with Crippen molar-refractivity contribution in [1.82, 2.24) is 10.6 Å². The summed E-state index contributed by atoms with van der Waals surface area (Å²) in [6.45, 7) is 19.4. The van der Waals surface area contributed by atoms with Crippen LogP contribution in [0.1, 0.15) is 100 Å². The summed E-state index contributed by atoms with van der Waals surface area (Å²) in [5.41, 5.74) is -0.728. The van der Waals surface area contributed by atoms with E-state index < -0.39 is 50.1 Å². The number of rotatable bonds is 15. The second-order valence-corrected chi connectivity index (χ2v) is 17.0. The molecule has 0 aliphatic carbocycles. The second kappa shape index (κ2) is 14.9. The smallest absolute Gasteiger partial charge is 0.408 e. The Kier molecular flexibility index (Phi) is 14.2. The molecule has 0 fully saturated rings. The third kappa shape index (κ3) is 13.6. The minimum atomic E-state index is -2.19. The predicted molar refractivity (Wildman–Crippen MR) is 144 cm³/mol. The van der Waals surface area contributed by atoms with Crippen molar-refractivity contribution < 1.29 is 33.8 Å². The van der Waals surface area contributed by atoms with Crippen LogP contribution in [0.5, 0.6) is 0 Å². The number of hydrogen-bond donors (Lipinski definition) is 4. The zero-order valence-electron chi connectivity index (χ0n) is 24.2. The van der Waals surface area contributed by atoms with Crippen molar-refractivity contribution in [1.29, 1.82) is 0 Å². The Balaban J connectivity index is 5.58. The highest BCUT2D eigenvalue weighted by atomic mass is 28.4. The van der Waals surface area contributed by atoms with Gasteiger partial charge in [0.25, 0.3) is 0 Å². The van der Waals surface area contributed by atoms with Crippen LogP contribution in [0.2, 0.25) is 18.1 Å². The highest BCUT2D eigenvalue weighted by Gasteiger charge is 2.40. The van der Waals surface area contributed by atoms with Crippen molar-refractivity contribution in [2.24, 2.45) is 0 Å². The minimum absolute atomic E-state index is 0.0521. The van der Waals surface area contributed by atoms with Crippen molar-refractivity contribution in [2.75, 3.05) is 0 Å². The molecule has 0 aromatic carbocycles. The van der Waals surface area contributed by atoms with Crippen LogP contribution in [-0.2, 0) is 18.8 Å². The number of alkyl carbamates (subject to hydrolysis) is 1. The number of amides is 2. The van der Waals surface area contributed by atoms with Gasteiger partial charge in [0.1, 0.15) is 11.6 Å². The van der Waals surface area contributed by atoms with Crippen molar-refractivity contribution in [3.8, 4) is 0 Å². The summed E-state index contributed by atoms with van der Waals surface area (Å²) in [5.74, 6) is -2.04. The lowest BCUT2D eigenvalue weighted by molar-refractivity contribution is -0.149. The molecule has 0 spiro atoms. The number of carbonyl (C=O) groups excluding carboxylic acids is 2. The van der Waals surface area contributed by atoms with Crippen LogP contribution < -0.4 is 10.6 Å². The largest absolute Gasteiger partial charge is 0.479 e. The molecular formula is C26H52N2O7Si. The Morgan fingerprint density at radius 3 is 1.97 bits per heavy atom. The molecule has 212 valence electrons. The number of carboxylic acids is 1. The van der Waals surface area contributed by atoms with E-state index in [1.165, 1.54) is 6.92 Å². The van der Waals surface area contributed by atoms with E-state index in [-0.39, 0.29) is 17.6 Å². The number of carboxylic acid groups (broad SMARTS) is 1. The molecule has 0 aliphatic heterocycles. The van der Waals surface area contributed by atoms with Gasteiger partial charge in [0.15, 0.2) is 14.4 Å². The van der Waals surface area contributed by atoms with Crippen molar-refractivity contribution in [2.45, 2.75) is 148 Å². The third-order valence-electron chi connectivity index (χ3n) is 6.50. The summed E-state index contributed by atoms with van der Waals surface area (Å²) in [5, 5.41) is 25.0. The van der Waals surface area contributed by atoms with Crippen LogP contribution in [0.3, 0.4) is 0 Å². The standard InChI is InChI=1S/C26H52N2O7Si/c1-11-12-13-14-15-16-19(35-36(9,10)26(6,7)8)17-20(21(29)23(31)32)28-22(30)18(2)27-24(33)34-25(3,4)5/h18-21,29H,11-17H2,1-10H3,(H,27,33)(H,28,30)(H,31,32)/t18-,19-,20+,21+/m0/s1. The Labute approximate surface area is 219 Å². The lowest BCUT2D eigenvalue weighted by atomic mass is 9.98. The number of nitrogens with one attached hydrogen (secondary N) is 2. The monoisotopic (exact) mass is 532 g/mol. The molecule has 2 amide bonds. The average Bonchev–Trinajstić information content (AvgIpc) is 2.69. The van der Waals surface area contributed by atoms with Gasteiger partial charge in [-0.3, -0.25) is 4.79 Å². The summed E-state index contributed by atoms with van der Waals surface area (Å²) in [6, 6.07) is -2.07. The van der Waals surface area contributed by atoms with Gasteiger partial charge in [-0.1, -0.05) is 59.8 Å². The van der Waals surface area contributed by atoms with E-state index >= 15 is 0 Å². The maximum Gasteiger partial charge on any atom is 0.408 e. The molecule has 4 N–H and O–H groups in total. The number of ether oxygens (including phenoxy) is 1. The molecule has 0 rings (SSSR count). The van der Waals surface area contributed by atoms with E-state index in [0.29, 0.717) is 6.42 Å². The van der Waals surface area contributed by atoms with Crippen LogP contribution in [-0.4, -0.2) is 66.4 Å². The Hall–Kier alpha value is -1.65. The maximum atomic E-state index is 12.8. The summed E-state index contributed by atoms with van der Waals surface area (Å²) in [7, 11) is -2.19. The zero-order valence-corrected chi connectivity index (χ0v) is 25.2.